The SMILES string of the molecule is CN(C)CCC(CSc1ccc(F)cc1)Nc1ccc(S(=O)(=O)Nc2ncnc3c2CCN(C2CCN(Cc4ccccc4-c4ccc(Cl)cc4)CC2)C3)cc1S(=O)(=O)C(F)(F)F. The second kappa shape index (κ2) is 19.8. The maximum atomic E-state index is 14.2. The van der Waals surface area contributed by atoms with Crippen molar-refractivity contribution in [2.75, 3.05) is 56.1 Å². The molecule has 4 aromatic carbocycles. The first-order chi connectivity index (χ1) is 30.0. The van der Waals surface area contributed by atoms with E-state index in [-0.39, 0.29) is 17.6 Å². The zero-order valence-corrected chi connectivity index (χ0v) is 37.9. The lowest BCUT2D eigenvalue weighted by Gasteiger charge is -2.40. The number of sulfonamides is 1. The van der Waals surface area contributed by atoms with Gasteiger partial charge in [-0.1, -0.05) is 48.0 Å². The minimum absolute atomic E-state index is 0.0159. The van der Waals surface area contributed by atoms with Gasteiger partial charge in [0.05, 0.1) is 16.3 Å². The van der Waals surface area contributed by atoms with E-state index in [1.54, 1.807) is 12.1 Å². The number of aromatic nitrogens is 2. The van der Waals surface area contributed by atoms with Gasteiger partial charge in [-0.05, 0) is 131 Å². The second-order valence-electron chi connectivity index (χ2n) is 16.0. The Morgan fingerprint density at radius 3 is 2.33 bits per heavy atom. The van der Waals surface area contributed by atoms with E-state index in [2.05, 4.69) is 48.0 Å². The molecule has 0 bridgehead atoms. The monoisotopic (exact) mass is 945 g/mol. The topological polar surface area (TPSA) is 128 Å². The molecule has 1 fully saturated rings. The normalized spacial score (nSPS) is 16.2. The van der Waals surface area contributed by atoms with Crippen molar-refractivity contribution in [1.29, 1.82) is 0 Å². The van der Waals surface area contributed by atoms with Gasteiger partial charge >= 0.3 is 5.51 Å². The number of alkyl halides is 3. The molecule has 1 saturated heterocycles. The number of likely N-dealkylation sites (tertiary alicyclic amines) is 1. The summed E-state index contributed by atoms with van der Waals surface area (Å²) in [6.07, 6.45) is 3.92. The lowest BCUT2D eigenvalue weighted by atomic mass is 9.96. The summed E-state index contributed by atoms with van der Waals surface area (Å²) in [6.45, 7) is 4.17. The Kier molecular flexibility index (Phi) is 14.7. The molecule has 0 aliphatic carbocycles. The molecule has 11 nitrogen and oxygen atoms in total. The highest BCUT2D eigenvalue weighted by Crippen LogP contribution is 2.38. The molecule has 63 heavy (non-hydrogen) atoms. The van der Waals surface area contributed by atoms with Crippen LogP contribution in [-0.4, -0.2) is 105 Å². The highest BCUT2D eigenvalue weighted by Gasteiger charge is 2.48. The first-order valence-electron chi connectivity index (χ1n) is 20.4. The van der Waals surface area contributed by atoms with Crippen molar-refractivity contribution in [3.8, 4) is 11.1 Å². The molecule has 19 heteroatoms. The van der Waals surface area contributed by atoms with Gasteiger partial charge in [0.15, 0.2) is 0 Å². The van der Waals surface area contributed by atoms with Crippen molar-refractivity contribution >= 4 is 54.7 Å². The number of nitrogens with zero attached hydrogens (tertiary/aromatic N) is 5. The van der Waals surface area contributed by atoms with E-state index in [1.807, 2.05) is 49.3 Å². The van der Waals surface area contributed by atoms with E-state index in [9.17, 15) is 34.4 Å². The van der Waals surface area contributed by atoms with Crippen LogP contribution in [0.3, 0.4) is 0 Å². The van der Waals surface area contributed by atoms with Crippen LogP contribution in [0.2, 0.25) is 5.02 Å². The van der Waals surface area contributed by atoms with Gasteiger partial charge in [-0.25, -0.2) is 31.2 Å². The average Bonchev–Trinajstić information content (AvgIpc) is 3.25. The van der Waals surface area contributed by atoms with Gasteiger partial charge in [-0.3, -0.25) is 14.5 Å². The third-order valence-corrected chi connectivity index (χ3v) is 15.6. The number of hydrogen-bond acceptors (Lipinski definition) is 11. The molecule has 0 saturated carbocycles. The number of nitrogens with one attached hydrogen (secondary N) is 2. The maximum absolute atomic E-state index is 14.2. The summed E-state index contributed by atoms with van der Waals surface area (Å²) in [5.74, 6) is -0.159. The molecule has 0 amide bonds. The molecule has 1 aromatic heterocycles. The molecule has 336 valence electrons. The van der Waals surface area contributed by atoms with E-state index in [1.165, 1.54) is 41.3 Å². The Labute approximate surface area is 375 Å². The zero-order chi connectivity index (χ0) is 44.9. The number of thioether (sulfide) groups is 1. The Morgan fingerprint density at radius 1 is 0.921 bits per heavy atom. The van der Waals surface area contributed by atoms with E-state index >= 15 is 0 Å². The number of benzene rings is 4. The molecule has 0 radical (unpaired) electrons. The van der Waals surface area contributed by atoms with Crippen LogP contribution >= 0.6 is 23.4 Å². The Balaban J connectivity index is 1.04. The summed E-state index contributed by atoms with van der Waals surface area (Å²) < 4.78 is 112. The third kappa shape index (κ3) is 11.5. The number of piperidine rings is 1. The molecule has 5 aromatic rings. The number of rotatable bonds is 16. The standard InChI is InChI=1S/C44H48ClF4N7O4S3/c1-54(2)21-17-34(28-61-36-13-11-33(46)12-14-36)52-40-16-15-37(25-42(40)62(57,58)44(47,48)49)63(59,60)53-43-39-20-24-56(27-41(39)50-29-51-43)35-18-22-55(23-19-35)26-31-5-3-4-6-38(31)30-7-9-32(45)10-8-30/h3-16,25,29,34-35,52H,17-24,26-28H2,1-2H3,(H,50,51,53). The summed E-state index contributed by atoms with van der Waals surface area (Å²) in [6, 6.07) is 24.3. The van der Waals surface area contributed by atoms with Crippen LogP contribution in [0.4, 0.5) is 29.1 Å². The van der Waals surface area contributed by atoms with E-state index in [0.717, 1.165) is 50.2 Å². The lowest BCUT2D eigenvalue weighted by Crippen LogP contribution is -2.46. The summed E-state index contributed by atoms with van der Waals surface area (Å²) in [4.78, 5) is 14.1. The Morgan fingerprint density at radius 2 is 1.63 bits per heavy atom. The number of fused-ring (bicyclic) bond motifs is 1. The predicted octanol–water partition coefficient (Wildman–Crippen LogP) is 8.58. The highest BCUT2D eigenvalue weighted by molar-refractivity contribution is 7.99. The van der Waals surface area contributed by atoms with Gasteiger partial charge in [0, 0.05) is 53.0 Å². The second-order valence-corrected chi connectivity index (χ2v) is 21.1. The minimum atomic E-state index is -6.03. The maximum Gasteiger partial charge on any atom is 0.501 e. The number of halogens is 5. The van der Waals surface area contributed by atoms with Crippen molar-refractivity contribution in [2.24, 2.45) is 0 Å². The summed E-state index contributed by atoms with van der Waals surface area (Å²) >= 11 is 7.44. The zero-order valence-electron chi connectivity index (χ0n) is 34.7. The molecular weight excluding hydrogens is 898 g/mol. The molecule has 2 aliphatic rings. The molecule has 2 N–H and O–H groups in total. The summed E-state index contributed by atoms with van der Waals surface area (Å²) in [5.41, 5.74) is -1.40. The van der Waals surface area contributed by atoms with Crippen LogP contribution in [0, 0.1) is 5.82 Å². The van der Waals surface area contributed by atoms with Crippen LogP contribution in [0.1, 0.15) is 36.1 Å². The number of sulfone groups is 1. The van der Waals surface area contributed by atoms with Crippen LogP contribution in [0.25, 0.3) is 11.1 Å². The molecule has 1 unspecified atom stereocenters. The minimum Gasteiger partial charge on any atom is -0.380 e. The van der Waals surface area contributed by atoms with Gasteiger partial charge < -0.3 is 10.2 Å². The number of anilines is 2. The number of hydrogen-bond donors (Lipinski definition) is 2. The van der Waals surface area contributed by atoms with Gasteiger partial charge in [0.1, 0.15) is 22.9 Å². The molecule has 7 rings (SSSR count). The van der Waals surface area contributed by atoms with Crippen molar-refractivity contribution in [3.05, 3.63) is 125 Å². The summed E-state index contributed by atoms with van der Waals surface area (Å²) in [7, 11) is -7.04. The highest BCUT2D eigenvalue weighted by atomic mass is 35.5. The smallest absolute Gasteiger partial charge is 0.380 e. The van der Waals surface area contributed by atoms with Gasteiger partial charge in [0.2, 0.25) is 0 Å². The first-order valence-corrected chi connectivity index (χ1v) is 24.7. The van der Waals surface area contributed by atoms with Crippen LogP contribution < -0.4 is 10.0 Å². The Bertz CT molecular complexity index is 2600. The molecule has 3 heterocycles. The fraction of sp³-hybridized carbons (Fsp3) is 0.364. The molecule has 2 aliphatic heterocycles. The van der Waals surface area contributed by atoms with Crippen molar-refractivity contribution < 1.29 is 34.4 Å². The third-order valence-electron chi connectivity index (χ3n) is 11.3. The van der Waals surface area contributed by atoms with Gasteiger partial charge in [-0.2, -0.15) is 13.2 Å². The van der Waals surface area contributed by atoms with Gasteiger partial charge in [0.25, 0.3) is 19.9 Å². The van der Waals surface area contributed by atoms with E-state index < -0.39 is 52.7 Å². The average molecular weight is 947 g/mol. The largest absolute Gasteiger partial charge is 0.501 e. The quantitative estimate of drug-likeness (QED) is 0.0730. The van der Waals surface area contributed by atoms with Crippen molar-refractivity contribution in [3.63, 3.8) is 0 Å². The van der Waals surface area contributed by atoms with Crippen LogP contribution in [-0.2, 0) is 39.4 Å². The Hall–Kier alpha value is -4.30. The predicted molar refractivity (Wildman–Crippen MR) is 240 cm³/mol. The molecule has 0 spiro atoms. The van der Waals surface area contributed by atoms with Crippen LogP contribution in [0.15, 0.2) is 112 Å². The van der Waals surface area contributed by atoms with Crippen molar-refractivity contribution in [1.82, 2.24) is 24.7 Å². The van der Waals surface area contributed by atoms with E-state index in [4.69, 9.17) is 11.6 Å². The summed E-state index contributed by atoms with van der Waals surface area (Å²) in [5, 5.41) is 3.63. The van der Waals surface area contributed by atoms with Gasteiger partial charge in [-0.15, -0.1) is 11.8 Å². The van der Waals surface area contributed by atoms with Crippen LogP contribution in [0.5, 0.6) is 0 Å². The lowest BCUT2D eigenvalue weighted by molar-refractivity contribution is -0.0435. The van der Waals surface area contributed by atoms with E-state index in [0.29, 0.717) is 59.7 Å². The fourth-order valence-electron chi connectivity index (χ4n) is 7.91. The first kappa shape index (κ1) is 46.7. The van der Waals surface area contributed by atoms with Crippen molar-refractivity contribution in [2.45, 2.75) is 71.1 Å². The fourth-order valence-corrected chi connectivity index (χ4v) is 11.1. The molecule has 1 atom stereocenters. The molecular formula is C44H48ClF4N7O4S3.